The largest absolute Gasteiger partial charge is 0.273 e. The number of nitriles is 1. The van der Waals surface area contributed by atoms with Crippen LogP contribution < -0.4 is 4.90 Å². The fourth-order valence-electron chi connectivity index (χ4n) is 1.23. The topological polar surface area (TPSA) is 39.9 Å². The van der Waals surface area contributed by atoms with Crippen molar-refractivity contribution in [2.75, 3.05) is 11.4 Å². The summed E-state index contributed by atoms with van der Waals surface area (Å²) in [6, 6.07) is 3.73. The zero-order valence-corrected chi connectivity index (χ0v) is 6.44. The summed E-state index contributed by atoms with van der Waals surface area (Å²) in [6.07, 6.45) is 7.69. The molecule has 0 amide bonds. The van der Waals surface area contributed by atoms with Gasteiger partial charge in [0.05, 0.1) is 17.9 Å². The minimum Gasteiger partial charge on any atom is -0.273 e. The van der Waals surface area contributed by atoms with E-state index in [4.69, 9.17) is 5.26 Å². The molecule has 1 aliphatic rings. The molecular formula is C9H7N3. The summed E-state index contributed by atoms with van der Waals surface area (Å²) in [7, 11) is 0. The third kappa shape index (κ3) is 0.940. The normalized spacial score (nSPS) is 13.8. The van der Waals surface area contributed by atoms with Crippen LogP contribution in [0.15, 0.2) is 24.4 Å². The van der Waals surface area contributed by atoms with Crippen LogP contribution in [0.2, 0.25) is 0 Å². The van der Waals surface area contributed by atoms with Gasteiger partial charge in [-0.3, -0.25) is 9.88 Å². The third-order valence-corrected chi connectivity index (χ3v) is 1.79. The molecule has 1 aromatic rings. The highest BCUT2D eigenvalue weighted by Crippen LogP contribution is 2.21. The Hall–Kier alpha value is -1.82. The third-order valence-electron chi connectivity index (χ3n) is 1.79. The molecule has 0 aliphatic carbocycles. The highest BCUT2D eigenvalue weighted by atomic mass is 15.1. The average molecular weight is 157 g/mol. The van der Waals surface area contributed by atoms with Gasteiger partial charge in [-0.15, -0.1) is 0 Å². The SMILES string of the molecule is N#CN1CC=Cc2ncccc21. The van der Waals surface area contributed by atoms with Crippen molar-refractivity contribution in [1.29, 1.82) is 5.26 Å². The van der Waals surface area contributed by atoms with Crippen LogP contribution in [-0.2, 0) is 0 Å². The number of rotatable bonds is 0. The molecule has 0 spiro atoms. The van der Waals surface area contributed by atoms with E-state index < -0.39 is 0 Å². The molecule has 0 saturated heterocycles. The molecule has 0 saturated carbocycles. The molecule has 12 heavy (non-hydrogen) atoms. The van der Waals surface area contributed by atoms with Crippen LogP contribution in [0.5, 0.6) is 0 Å². The van der Waals surface area contributed by atoms with Gasteiger partial charge in [-0.05, 0) is 18.2 Å². The predicted molar refractivity (Wildman–Crippen MR) is 46.2 cm³/mol. The zero-order valence-electron chi connectivity index (χ0n) is 6.44. The van der Waals surface area contributed by atoms with Crippen LogP contribution in [0, 0.1) is 11.5 Å². The van der Waals surface area contributed by atoms with Crippen LogP contribution >= 0.6 is 0 Å². The van der Waals surface area contributed by atoms with Crippen LogP contribution in [0.25, 0.3) is 6.08 Å². The Kier molecular flexibility index (Phi) is 1.52. The van der Waals surface area contributed by atoms with E-state index in [0.717, 1.165) is 11.4 Å². The molecule has 0 unspecified atom stereocenters. The van der Waals surface area contributed by atoms with Crippen molar-refractivity contribution in [2.24, 2.45) is 0 Å². The number of aromatic nitrogens is 1. The fraction of sp³-hybridized carbons (Fsp3) is 0.111. The van der Waals surface area contributed by atoms with Gasteiger partial charge in [-0.1, -0.05) is 6.08 Å². The van der Waals surface area contributed by atoms with E-state index in [1.54, 1.807) is 11.1 Å². The molecule has 1 aromatic heterocycles. The summed E-state index contributed by atoms with van der Waals surface area (Å²) < 4.78 is 0. The first-order valence-corrected chi connectivity index (χ1v) is 3.70. The molecule has 0 radical (unpaired) electrons. The first-order chi connectivity index (χ1) is 5.92. The maximum atomic E-state index is 8.75. The smallest absolute Gasteiger partial charge is 0.184 e. The number of pyridine rings is 1. The van der Waals surface area contributed by atoms with Crippen molar-refractivity contribution in [1.82, 2.24) is 4.98 Å². The van der Waals surface area contributed by atoms with Gasteiger partial charge >= 0.3 is 0 Å². The lowest BCUT2D eigenvalue weighted by Crippen LogP contribution is -2.19. The first kappa shape index (κ1) is 6.86. The maximum Gasteiger partial charge on any atom is 0.184 e. The van der Waals surface area contributed by atoms with E-state index in [0.29, 0.717) is 6.54 Å². The summed E-state index contributed by atoms with van der Waals surface area (Å²) in [5.41, 5.74) is 1.76. The predicted octanol–water partition coefficient (Wildman–Crippen LogP) is 1.40. The Balaban J connectivity index is 2.54. The van der Waals surface area contributed by atoms with Gasteiger partial charge < -0.3 is 0 Å². The van der Waals surface area contributed by atoms with E-state index >= 15 is 0 Å². The van der Waals surface area contributed by atoms with Gasteiger partial charge in [0.15, 0.2) is 6.19 Å². The molecule has 1 aliphatic heterocycles. The minimum absolute atomic E-state index is 0.648. The Labute approximate surface area is 70.6 Å². The molecule has 3 heteroatoms. The lowest BCUT2D eigenvalue weighted by molar-refractivity contribution is 1.06. The lowest BCUT2D eigenvalue weighted by atomic mass is 10.2. The van der Waals surface area contributed by atoms with E-state index in [1.807, 2.05) is 24.3 Å². The molecular weight excluding hydrogens is 150 g/mol. The second-order valence-corrected chi connectivity index (χ2v) is 2.52. The summed E-state index contributed by atoms with van der Waals surface area (Å²) in [5, 5.41) is 8.75. The lowest BCUT2D eigenvalue weighted by Gasteiger charge is -2.18. The molecule has 2 rings (SSSR count). The van der Waals surface area contributed by atoms with Crippen molar-refractivity contribution >= 4 is 11.8 Å². The van der Waals surface area contributed by atoms with Crippen molar-refractivity contribution < 1.29 is 0 Å². The fourth-order valence-corrected chi connectivity index (χ4v) is 1.23. The zero-order chi connectivity index (χ0) is 8.39. The molecule has 0 N–H and O–H groups in total. The first-order valence-electron chi connectivity index (χ1n) is 3.70. The van der Waals surface area contributed by atoms with Gasteiger partial charge in [0.25, 0.3) is 0 Å². The molecule has 0 bridgehead atoms. The standard InChI is InChI=1S/C9H7N3/c10-7-12-6-2-3-8-9(12)4-1-5-11-8/h1-5H,6H2. The van der Waals surface area contributed by atoms with E-state index in [9.17, 15) is 0 Å². The van der Waals surface area contributed by atoms with Crippen LogP contribution in [0.4, 0.5) is 5.69 Å². The minimum atomic E-state index is 0.648. The molecule has 0 aromatic carbocycles. The van der Waals surface area contributed by atoms with E-state index in [1.165, 1.54) is 0 Å². The van der Waals surface area contributed by atoms with Crippen molar-refractivity contribution in [3.8, 4) is 6.19 Å². The monoisotopic (exact) mass is 157 g/mol. The van der Waals surface area contributed by atoms with Crippen LogP contribution in [0.3, 0.4) is 0 Å². The summed E-state index contributed by atoms with van der Waals surface area (Å²) in [6.45, 7) is 0.648. The van der Waals surface area contributed by atoms with Gasteiger partial charge in [0.2, 0.25) is 0 Å². The van der Waals surface area contributed by atoms with E-state index in [-0.39, 0.29) is 0 Å². The van der Waals surface area contributed by atoms with E-state index in [2.05, 4.69) is 11.2 Å². The van der Waals surface area contributed by atoms with Gasteiger partial charge in [0.1, 0.15) is 0 Å². The molecule has 0 atom stereocenters. The summed E-state index contributed by atoms with van der Waals surface area (Å²) >= 11 is 0. The highest BCUT2D eigenvalue weighted by molar-refractivity contribution is 5.69. The number of hydrogen-bond donors (Lipinski definition) is 0. The number of nitrogens with zero attached hydrogens (tertiary/aromatic N) is 3. The molecule has 2 heterocycles. The van der Waals surface area contributed by atoms with Crippen molar-refractivity contribution in [3.63, 3.8) is 0 Å². The quantitative estimate of drug-likeness (QED) is 0.534. The van der Waals surface area contributed by atoms with Gasteiger partial charge in [-0.2, -0.15) is 5.26 Å². The highest BCUT2D eigenvalue weighted by Gasteiger charge is 2.11. The maximum absolute atomic E-state index is 8.75. The van der Waals surface area contributed by atoms with Crippen molar-refractivity contribution in [3.05, 3.63) is 30.1 Å². The second-order valence-electron chi connectivity index (χ2n) is 2.52. The van der Waals surface area contributed by atoms with Gasteiger partial charge in [-0.25, -0.2) is 0 Å². The Bertz CT molecular complexity index is 362. The summed E-state index contributed by atoms with van der Waals surface area (Å²) in [4.78, 5) is 5.75. The number of fused-ring (bicyclic) bond motifs is 1. The molecule has 3 nitrogen and oxygen atoms in total. The molecule has 58 valence electrons. The number of anilines is 1. The second kappa shape index (κ2) is 2.67. The Morgan fingerprint density at radius 3 is 3.33 bits per heavy atom. The number of hydrogen-bond acceptors (Lipinski definition) is 3. The van der Waals surface area contributed by atoms with Crippen LogP contribution in [0.1, 0.15) is 5.69 Å². The summed E-state index contributed by atoms with van der Waals surface area (Å²) in [5.74, 6) is 0. The molecule has 0 fully saturated rings. The average Bonchev–Trinajstić information content (AvgIpc) is 2.17. The van der Waals surface area contributed by atoms with Crippen LogP contribution in [-0.4, -0.2) is 11.5 Å². The Morgan fingerprint density at radius 1 is 1.58 bits per heavy atom. The van der Waals surface area contributed by atoms with Gasteiger partial charge in [0, 0.05) is 6.20 Å². The Morgan fingerprint density at radius 2 is 2.50 bits per heavy atom. The van der Waals surface area contributed by atoms with Crippen molar-refractivity contribution in [2.45, 2.75) is 0 Å².